The third-order valence-corrected chi connectivity index (χ3v) is 4.72. The van der Waals surface area contributed by atoms with E-state index >= 15 is 0 Å². The van der Waals surface area contributed by atoms with Gasteiger partial charge in [-0.3, -0.25) is 19.1 Å². The van der Waals surface area contributed by atoms with Gasteiger partial charge in [-0.2, -0.15) is 0 Å². The van der Waals surface area contributed by atoms with Crippen molar-refractivity contribution in [1.29, 1.82) is 0 Å². The molecule has 2 heterocycles. The number of nitrogens with zero attached hydrogens (tertiary/aromatic N) is 3. The minimum atomic E-state index is -0.407. The zero-order chi connectivity index (χ0) is 18.0. The normalized spacial score (nSPS) is 14.0. The van der Waals surface area contributed by atoms with Crippen LogP contribution in [0.15, 0.2) is 46.7 Å². The van der Waals surface area contributed by atoms with Crippen molar-refractivity contribution >= 4 is 29.3 Å². The number of amides is 2. The van der Waals surface area contributed by atoms with Crippen molar-refractivity contribution in [2.75, 3.05) is 17.6 Å². The van der Waals surface area contributed by atoms with Gasteiger partial charge in [-0.05, 0) is 24.5 Å². The Morgan fingerprint density at radius 1 is 1.24 bits per heavy atom. The summed E-state index contributed by atoms with van der Waals surface area (Å²) in [6.07, 6.45) is 1.58. The van der Waals surface area contributed by atoms with Gasteiger partial charge >= 0.3 is 0 Å². The van der Waals surface area contributed by atoms with E-state index in [2.05, 4.69) is 5.32 Å². The molecule has 0 atom stereocenters. The number of aromatic nitrogens is 2. The fraction of sp³-hybridized carbons (Fsp3) is 0.235. The number of benzene rings is 1. The molecule has 130 valence electrons. The number of carbonyl (C=O) groups excluding carboxylic acids is 2. The molecular formula is C17H18N4O3S. The molecule has 1 aromatic carbocycles. The molecule has 2 amide bonds. The van der Waals surface area contributed by atoms with Crippen molar-refractivity contribution < 1.29 is 9.59 Å². The Labute approximate surface area is 148 Å². The molecule has 0 bridgehead atoms. The van der Waals surface area contributed by atoms with Crippen LogP contribution in [-0.2, 0) is 16.6 Å². The van der Waals surface area contributed by atoms with Crippen molar-refractivity contribution in [3.05, 3.63) is 58.0 Å². The van der Waals surface area contributed by atoms with Crippen LogP contribution in [0.1, 0.15) is 5.69 Å². The van der Waals surface area contributed by atoms with Gasteiger partial charge in [0.15, 0.2) is 0 Å². The van der Waals surface area contributed by atoms with Crippen LogP contribution >= 0.6 is 11.8 Å². The predicted octanol–water partition coefficient (Wildman–Crippen LogP) is 1.47. The molecule has 1 aromatic heterocycles. The minimum Gasteiger partial charge on any atom is -0.318 e. The highest BCUT2D eigenvalue weighted by molar-refractivity contribution is 8.02. The lowest BCUT2D eigenvalue weighted by molar-refractivity contribution is -0.129. The monoisotopic (exact) mass is 358 g/mol. The third kappa shape index (κ3) is 3.39. The molecule has 25 heavy (non-hydrogen) atoms. The van der Waals surface area contributed by atoms with Gasteiger partial charge in [0, 0.05) is 13.2 Å². The summed E-state index contributed by atoms with van der Waals surface area (Å²) in [5, 5.41) is 4.42. The van der Waals surface area contributed by atoms with Gasteiger partial charge in [0.1, 0.15) is 12.2 Å². The van der Waals surface area contributed by atoms with Crippen LogP contribution in [0, 0.1) is 6.92 Å². The standard InChI is InChI=1S/C17H18N4O3S/c1-12-16(18-14(22)10-20-8-9-25-11-15(20)23)17(24)21(19(12)2)13-6-4-3-5-7-13/h3-9H,10-11H2,1-2H3,(H,18,22). The summed E-state index contributed by atoms with van der Waals surface area (Å²) < 4.78 is 3.18. The van der Waals surface area contributed by atoms with Crippen LogP contribution in [0.2, 0.25) is 0 Å². The second kappa shape index (κ2) is 7.02. The van der Waals surface area contributed by atoms with Crippen molar-refractivity contribution in [1.82, 2.24) is 14.3 Å². The van der Waals surface area contributed by atoms with E-state index in [1.54, 1.807) is 30.3 Å². The second-order valence-corrected chi connectivity index (χ2v) is 6.50. The van der Waals surface area contributed by atoms with E-state index in [9.17, 15) is 14.4 Å². The lowest BCUT2D eigenvalue weighted by Crippen LogP contribution is -2.37. The Balaban J connectivity index is 1.85. The molecule has 0 fully saturated rings. The first-order chi connectivity index (χ1) is 12.0. The summed E-state index contributed by atoms with van der Waals surface area (Å²) in [6.45, 7) is 1.65. The number of hydrogen-bond donors (Lipinski definition) is 1. The van der Waals surface area contributed by atoms with Crippen molar-refractivity contribution in [2.24, 2.45) is 7.05 Å². The van der Waals surface area contributed by atoms with Crippen LogP contribution in [0.4, 0.5) is 5.69 Å². The van der Waals surface area contributed by atoms with E-state index in [0.717, 1.165) is 0 Å². The number of rotatable bonds is 4. The van der Waals surface area contributed by atoms with Gasteiger partial charge in [0.05, 0.1) is 17.1 Å². The van der Waals surface area contributed by atoms with E-state index in [-0.39, 0.29) is 23.7 Å². The van der Waals surface area contributed by atoms with Crippen LogP contribution < -0.4 is 10.9 Å². The number of nitrogens with one attached hydrogen (secondary N) is 1. The van der Waals surface area contributed by atoms with Crippen molar-refractivity contribution in [3.8, 4) is 5.69 Å². The average Bonchev–Trinajstić information content (AvgIpc) is 2.81. The van der Waals surface area contributed by atoms with E-state index in [0.29, 0.717) is 17.1 Å². The Morgan fingerprint density at radius 2 is 1.96 bits per heavy atom. The number of para-hydroxylation sites is 1. The fourth-order valence-corrected chi connectivity index (χ4v) is 3.23. The van der Waals surface area contributed by atoms with Gasteiger partial charge in [-0.25, -0.2) is 4.68 Å². The zero-order valence-corrected chi connectivity index (χ0v) is 14.7. The molecule has 3 rings (SSSR count). The van der Waals surface area contributed by atoms with Crippen LogP contribution in [0.5, 0.6) is 0 Å². The molecule has 1 N–H and O–H groups in total. The quantitative estimate of drug-likeness (QED) is 0.898. The maximum atomic E-state index is 12.7. The Bertz CT molecular complexity index is 899. The molecule has 1 aliphatic rings. The molecule has 0 unspecified atom stereocenters. The van der Waals surface area contributed by atoms with Crippen LogP contribution in [-0.4, -0.2) is 38.4 Å². The predicted molar refractivity (Wildman–Crippen MR) is 97.7 cm³/mol. The molecule has 0 aliphatic carbocycles. The molecular weight excluding hydrogens is 340 g/mol. The van der Waals surface area contributed by atoms with Crippen molar-refractivity contribution in [3.63, 3.8) is 0 Å². The Hall–Kier alpha value is -2.74. The molecule has 0 spiro atoms. The van der Waals surface area contributed by atoms with E-state index in [1.165, 1.54) is 21.3 Å². The van der Waals surface area contributed by atoms with E-state index in [1.807, 2.05) is 30.3 Å². The first-order valence-corrected chi connectivity index (χ1v) is 8.75. The summed E-state index contributed by atoms with van der Waals surface area (Å²) in [5.41, 5.74) is 1.26. The van der Waals surface area contributed by atoms with Gasteiger partial charge in [-0.15, -0.1) is 11.8 Å². The molecule has 1 aliphatic heterocycles. The van der Waals surface area contributed by atoms with Gasteiger partial charge < -0.3 is 10.2 Å². The van der Waals surface area contributed by atoms with Gasteiger partial charge in [-0.1, -0.05) is 18.2 Å². The molecule has 0 saturated carbocycles. The zero-order valence-electron chi connectivity index (χ0n) is 13.9. The van der Waals surface area contributed by atoms with Crippen LogP contribution in [0.25, 0.3) is 5.69 Å². The second-order valence-electron chi connectivity index (χ2n) is 5.60. The summed E-state index contributed by atoms with van der Waals surface area (Å²) in [5.74, 6) is -0.223. The van der Waals surface area contributed by atoms with E-state index in [4.69, 9.17) is 0 Å². The Kier molecular flexibility index (Phi) is 4.80. The third-order valence-electron chi connectivity index (χ3n) is 4.00. The number of anilines is 1. The highest BCUT2D eigenvalue weighted by Crippen LogP contribution is 2.15. The number of hydrogen-bond acceptors (Lipinski definition) is 4. The Morgan fingerprint density at radius 3 is 2.64 bits per heavy atom. The smallest absolute Gasteiger partial charge is 0.295 e. The largest absolute Gasteiger partial charge is 0.318 e. The van der Waals surface area contributed by atoms with Crippen LogP contribution in [0.3, 0.4) is 0 Å². The first kappa shape index (κ1) is 17.1. The topological polar surface area (TPSA) is 76.3 Å². The summed E-state index contributed by atoms with van der Waals surface area (Å²) >= 11 is 1.39. The highest BCUT2D eigenvalue weighted by Gasteiger charge is 2.21. The fourth-order valence-electron chi connectivity index (χ4n) is 2.59. The molecule has 0 saturated heterocycles. The lowest BCUT2D eigenvalue weighted by Gasteiger charge is -2.20. The summed E-state index contributed by atoms with van der Waals surface area (Å²) in [7, 11) is 1.76. The SMILES string of the molecule is Cc1c(NC(=O)CN2C=CSCC2=O)c(=O)n(-c2ccccc2)n1C. The van der Waals surface area contributed by atoms with Gasteiger partial charge in [0.25, 0.3) is 5.56 Å². The maximum absolute atomic E-state index is 12.7. The molecule has 7 nitrogen and oxygen atoms in total. The van der Waals surface area contributed by atoms with Gasteiger partial charge in [0.2, 0.25) is 11.8 Å². The molecule has 0 radical (unpaired) electrons. The molecule has 2 aromatic rings. The maximum Gasteiger partial charge on any atom is 0.295 e. The average molecular weight is 358 g/mol. The number of carbonyl (C=O) groups is 2. The van der Waals surface area contributed by atoms with E-state index < -0.39 is 5.91 Å². The number of thioether (sulfide) groups is 1. The molecule has 8 heteroatoms. The van der Waals surface area contributed by atoms with Crippen molar-refractivity contribution in [2.45, 2.75) is 6.92 Å². The summed E-state index contributed by atoms with van der Waals surface area (Å²) in [4.78, 5) is 38.1. The highest BCUT2D eigenvalue weighted by atomic mass is 32.2. The summed E-state index contributed by atoms with van der Waals surface area (Å²) in [6, 6.07) is 9.19. The lowest BCUT2D eigenvalue weighted by atomic mass is 10.3. The first-order valence-electron chi connectivity index (χ1n) is 7.70. The minimum absolute atomic E-state index is 0.116.